The molecule has 1 saturated carbocycles. The fraction of sp³-hybridized carbons (Fsp3) is 0.480. The average Bonchev–Trinajstić information content (AvgIpc) is 3.24. The van der Waals surface area contributed by atoms with Crippen molar-refractivity contribution in [2.45, 2.75) is 57.2 Å². The van der Waals surface area contributed by atoms with E-state index in [9.17, 15) is 0 Å². The van der Waals surface area contributed by atoms with Crippen LogP contribution in [0.1, 0.15) is 58.3 Å². The molecule has 3 aromatic rings. The first kappa shape index (κ1) is 21.4. The molecule has 2 aromatic heterocycles. The smallest absolute Gasteiger partial charge is 0.127 e. The summed E-state index contributed by atoms with van der Waals surface area (Å²) in [5.74, 6) is 0.880. The molecule has 0 unspecified atom stereocenters. The Bertz CT molecular complexity index is 1220. The van der Waals surface area contributed by atoms with Gasteiger partial charge in [0.15, 0.2) is 0 Å². The van der Waals surface area contributed by atoms with Gasteiger partial charge in [0.05, 0.1) is 23.5 Å². The van der Waals surface area contributed by atoms with E-state index in [1.165, 1.54) is 0 Å². The molecule has 2 fully saturated rings. The third kappa shape index (κ3) is 3.99. The molecule has 34 heavy (non-hydrogen) atoms. The van der Waals surface area contributed by atoms with E-state index in [0.717, 1.165) is 72.3 Å². The summed E-state index contributed by atoms with van der Waals surface area (Å²) in [6.45, 7) is 6.80. The van der Waals surface area contributed by atoms with Crippen LogP contribution in [-0.2, 0) is 5.54 Å². The predicted octanol–water partition coefficient (Wildman–Crippen LogP) is 3.47. The first-order valence-electron chi connectivity index (χ1n) is 12.3. The molecule has 1 saturated heterocycles. The van der Waals surface area contributed by atoms with Gasteiger partial charge in [-0.25, -0.2) is 9.67 Å². The Labute approximate surface area is 201 Å². The van der Waals surface area contributed by atoms with E-state index in [0.29, 0.717) is 12.1 Å². The topological polar surface area (TPSA) is 86.2 Å². The van der Waals surface area contributed by atoms with Gasteiger partial charge in [0.1, 0.15) is 11.5 Å². The van der Waals surface area contributed by atoms with E-state index in [1.54, 1.807) is 0 Å². The van der Waals surface area contributed by atoms with E-state index in [-0.39, 0.29) is 6.97 Å². The molecule has 180 valence electrons. The Hall–Kier alpha value is -3.17. The molecule has 1 aliphatic carbocycles. The van der Waals surface area contributed by atoms with Crippen LogP contribution in [0, 0.1) is 0 Å². The lowest BCUT2D eigenvalue weighted by Gasteiger charge is -2.34. The van der Waals surface area contributed by atoms with Gasteiger partial charge < -0.3 is 15.6 Å². The highest BCUT2D eigenvalue weighted by atomic mass is 15.7. The molecular formula is C25H35N9. The molecule has 0 bridgehead atoms. The minimum atomic E-state index is -0.155. The van der Waals surface area contributed by atoms with Crippen molar-refractivity contribution in [2.24, 2.45) is 0 Å². The largest absolute Gasteiger partial charge is 0.359 e. The quantitative estimate of drug-likeness (QED) is 0.515. The number of piperidine rings is 1. The van der Waals surface area contributed by atoms with Gasteiger partial charge in [0, 0.05) is 51.0 Å². The molecule has 0 atom stereocenters. The normalized spacial score (nSPS) is 20.6. The zero-order chi connectivity index (χ0) is 23.3. The number of hydrazine groups is 2. The van der Waals surface area contributed by atoms with E-state index < -0.39 is 0 Å². The van der Waals surface area contributed by atoms with Crippen molar-refractivity contribution in [3.63, 3.8) is 0 Å². The summed E-state index contributed by atoms with van der Waals surface area (Å²) in [7, 11) is 1.97. The number of nitrogens with one attached hydrogen (secondary N) is 3. The lowest BCUT2D eigenvalue weighted by molar-refractivity contribution is 0.146. The summed E-state index contributed by atoms with van der Waals surface area (Å²) in [6, 6.07) is 9.62. The standard InChI is InChI=1S/C25H33N9.H2/c1-17(2)33-10-6-21(7-11-33)34-16-23(29-31-34)25(8-9-25)27-24-13-20-12-18(4-5-19(20)14-26-24)22-15-32(3)30-28-22;/h4-5,12-17,21,28,30H,6-11H2,1-3H3,(H,26,27);1H. The van der Waals surface area contributed by atoms with E-state index >= 15 is 0 Å². The van der Waals surface area contributed by atoms with Crippen LogP contribution in [0.3, 0.4) is 0 Å². The third-order valence-corrected chi connectivity index (χ3v) is 7.44. The van der Waals surface area contributed by atoms with Gasteiger partial charge in [0.2, 0.25) is 0 Å². The fourth-order valence-electron chi connectivity index (χ4n) is 5.09. The van der Waals surface area contributed by atoms with Crippen molar-refractivity contribution in [3.8, 4) is 0 Å². The zero-order valence-electron chi connectivity index (χ0n) is 20.1. The molecule has 9 nitrogen and oxygen atoms in total. The third-order valence-electron chi connectivity index (χ3n) is 7.44. The van der Waals surface area contributed by atoms with Crippen molar-refractivity contribution in [1.82, 2.24) is 40.8 Å². The highest BCUT2D eigenvalue weighted by Gasteiger charge is 2.47. The maximum atomic E-state index is 4.70. The lowest BCUT2D eigenvalue weighted by Crippen LogP contribution is -2.39. The van der Waals surface area contributed by atoms with Crippen LogP contribution < -0.4 is 16.3 Å². The molecule has 0 radical (unpaired) electrons. The number of rotatable bonds is 6. The summed E-state index contributed by atoms with van der Waals surface area (Å²) in [5.41, 5.74) is 9.32. The van der Waals surface area contributed by atoms with Gasteiger partial charge >= 0.3 is 0 Å². The Morgan fingerprint density at radius 2 is 1.97 bits per heavy atom. The van der Waals surface area contributed by atoms with Gasteiger partial charge in [-0.1, -0.05) is 17.3 Å². The highest BCUT2D eigenvalue weighted by molar-refractivity contribution is 5.87. The Kier molecular flexibility index (Phi) is 5.18. The second kappa shape index (κ2) is 8.25. The lowest BCUT2D eigenvalue weighted by atomic mass is 10.0. The summed E-state index contributed by atoms with van der Waals surface area (Å²) < 4.78 is 2.10. The summed E-state index contributed by atoms with van der Waals surface area (Å²) in [5, 5.41) is 17.0. The van der Waals surface area contributed by atoms with Crippen molar-refractivity contribution >= 4 is 22.3 Å². The van der Waals surface area contributed by atoms with Gasteiger partial charge in [-0.15, -0.1) is 10.6 Å². The molecule has 9 heteroatoms. The number of aromatic nitrogens is 4. The summed E-state index contributed by atoms with van der Waals surface area (Å²) in [4.78, 5) is 7.24. The van der Waals surface area contributed by atoms with Crippen molar-refractivity contribution < 1.29 is 1.43 Å². The maximum absolute atomic E-state index is 4.70. The van der Waals surface area contributed by atoms with Crippen LogP contribution in [0.15, 0.2) is 42.9 Å². The molecule has 0 amide bonds. The van der Waals surface area contributed by atoms with Crippen molar-refractivity contribution in [1.29, 1.82) is 0 Å². The average molecular weight is 462 g/mol. The zero-order valence-corrected chi connectivity index (χ0v) is 20.1. The molecule has 2 aliphatic heterocycles. The number of pyridine rings is 1. The second-order valence-corrected chi connectivity index (χ2v) is 10.2. The van der Waals surface area contributed by atoms with Gasteiger partial charge in [-0.05, 0) is 57.0 Å². The summed E-state index contributed by atoms with van der Waals surface area (Å²) >= 11 is 0. The number of anilines is 1. The predicted molar refractivity (Wildman–Crippen MR) is 135 cm³/mol. The number of hydrogen-bond acceptors (Lipinski definition) is 8. The van der Waals surface area contributed by atoms with Crippen molar-refractivity contribution in [3.05, 3.63) is 54.1 Å². The Balaban J connectivity index is 0.00000253. The van der Waals surface area contributed by atoms with Gasteiger partial charge in [0.25, 0.3) is 0 Å². The number of nitrogens with zero attached hydrogens (tertiary/aromatic N) is 6. The van der Waals surface area contributed by atoms with E-state index in [4.69, 9.17) is 4.98 Å². The first-order valence-corrected chi connectivity index (χ1v) is 12.3. The Morgan fingerprint density at radius 1 is 1.15 bits per heavy atom. The second-order valence-electron chi connectivity index (χ2n) is 10.2. The monoisotopic (exact) mass is 461 g/mol. The molecule has 3 aliphatic rings. The summed E-state index contributed by atoms with van der Waals surface area (Å²) in [6.07, 6.45) is 10.5. The van der Waals surface area contributed by atoms with Gasteiger partial charge in [-0.2, -0.15) is 0 Å². The molecule has 0 spiro atoms. The van der Waals surface area contributed by atoms with Crippen LogP contribution >= 0.6 is 0 Å². The Morgan fingerprint density at radius 3 is 2.68 bits per heavy atom. The van der Waals surface area contributed by atoms with E-state index in [1.807, 2.05) is 24.5 Å². The van der Waals surface area contributed by atoms with Crippen LogP contribution in [0.2, 0.25) is 0 Å². The maximum Gasteiger partial charge on any atom is 0.127 e. The van der Waals surface area contributed by atoms with Crippen LogP contribution in [0.5, 0.6) is 0 Å². The number of likely N-dealkylation sites (tertiary alicyclic amines) is 1. The first-order chi connectivity index (χ1) is 16.5. The van der Waals surface area contributed by atoms with Crippen LogP contribution in [0.4, 0.5) is 5.82 Å². The van der Waals surface area contributed by atoms with Crippen LogP contribution in [0.25, 0.3) is 16.5 Å². The van der Waals surface area contributed by atoms with Gasteiger partial charge in [-0.3, -0.25) is 5.01 Å². The molecule has 3 N–H and O–H groups in total. The van der Waals surface area contributed by atoms with Crippen molar-refractivity contribution in [2.75, 3.05) is 25.5 Å². The number of fused-ring (bicyclic) bond motifs is 1. The molecule has 4 heterocycles. The molecule has 6 rings (SSSR count). The fourth-order valence-corrected chi connectivity index (χ4v) is 5.09. The molecular weight excluding hydrogens is 426 g/mol. The van der Waals surface area contributed by atoms with E-state index in [2.05, 4.69) is 80.5 Å². The SMILES string of the molecule is CC(C)N1CCC(n2cc(C3(Nc4cc5cc(C6=CN(C)NN6)ccc5cn4)CC3)nn2)CC1.[HH]. The number of hydrogen-bond donors (Lipinski definition) is 3. The minimum Gasteiger partial charge on any atom is -0.359 e. The minimum absolute atomic E-state index is 0. The molecule has 1 aromatic carbocycles. The van der Waals surface area contributed by atoms with Crippen LogP contribution in [-0.4, -0.2) is 56.1 Å². The number of benzene rings is 1. The highest BCUT2D eigenvalue weighted by Crippen LogP contribution is 2.47.